The van der Waals surface area contributed by atoms with Gasteiger partial charge in [0.25, 0.3) is 0 Å². The lowest BCUT2D eigenvalue weighted by atomic mass is 10.2. The SMILES string of the molecule is OCc1ccc(N2C=NC3=CC=CNC32)cc1. The van der Waals surface area contributed by atoms with Crippen LogP contribution in [0.2, 0.25) is 0 Å². The summed E-state index contributed by atoms with van der Waals surface area (Å²) >= 11 is 0. The molecule has 17 heavy (non-hydrogen) atoms. The molecule has 4 heteroatoms. The molecule has 0 amide bonds. The molecule has 0 aromatic heterocycles. The minimum absolute atomic E-state index is 0.0734. The van der Waals surface area contributed by atoms with Crippen molar-refractivity contribution < 1.29 is 5.11 Å². The van der Waals surface area contributed by atoms with Gasteiger partial charge in [-0.25, -0.2) is 4.99 Å². The van der Waals surface area contributed by atoms with Crippen molar-refractivity contribution in [2.24, 2.45) is 4.99 Å². The number of hydrogen-bond donors (Lipinski definition) is 2. The second-order valence-corrected chi connectivity index (χ2v) is 4.00. The van der Waals surface area contributed by atoms with Crippen LogP contribution >= 0.6 is 0 Å². The number of rotatable bonds is 2. The van der Waals surface area contributed by atoms with E-state index in [1.807, 2.05) is 49.0 Å². The minimum atomic E-state index is 0.0734. The lowest BCUT2D eigenvalue weighted by Crippen LogP contribution is -2.41. The van der Waals surface area contributed by atoms with Crippen LogP contribution in [0, 0.1) is 0 Å². The van der Waals surface area contributed by atoms with Gasteiger partial charge in [-0.3, -0.25) is 0 Å². The van der Waals surface area contributed by atoms with Crippen molar-refractivity contribution >= 4 is 12.0 Å². The molecule has 86 valence electrons. The molecule has 2 aliphatic heterocycles. The zero-order chi connectivity index (χ0) is 11.7. The number of aliphatic hydroxyl groups is 1. The Kier molecular flexibility index (Phi) is 2.42. The summed E-state index contributed by atoms with van der Waals surface area (Å²) in [6.45, 7) is 0.0734. The van der Waals surface area contributed by atoms with Crippen LogP contribution in [0.5, 0.6) is 0 Å². The third-order valence-electron chi connectivity index (χ3n) is 2.92. The standard InChI is InChI=1S/C13H13N3O/c17-8-10-3-5-11(6-4-10)16-9-15-12-2-1-7-14-13(12)16/h1-7,9,13-14,17H,8H2. The highest BCUT2D eigenvalue weighted by Gasteiger charge is 2.26. The minimum Gasteiger partial charge on any atom is -0.392 e. The molecule has 3 rings (SSSR count). The van der Waals surface area contributed by atoms with E-state index < -0.39 is 0 Å². The fraction of sp³-hybridized carbons (Fsp3) is 0.154. The molecule has 2 heterocycles. The Morgan fingerprint density at radius 3 is 2.88 bits per heavy atom. The van der Waals surface area contributed by atoms with E-state index in [0.29, 0.717) is 0 Å². The first-order valence-corrected chi connectivity index (χ1v) is 5.53. The molecule has 1 atom stereocenters. The van der Waals surface area contributed by atoms with Gasteiger partial charge in [-0.05, 0) is 36.0 Å². The van der Waals surface area contributed by atoms with Gasteiger partial charge in [0.1, 0.15) is 6.17 Å². The second-order valence-electron chi connectivity index (χ2n) is 4.00. The number of dihydropyridines is 1. The predicted molar refractivity (Wildman–Crippen MR) is 67.5 cm³/mol. The van der Waals surface area contributed by atoms with E-state index in [2.05, 4.69) is 15.2 Å². The van der Waals surface area contributed by atoms with Crippen molar-refractivity contribution in [3.63, 3.8) is 0 Å². The molecular formula is C13H13N3O. The lowest BCUT2D eigenvalue weighted by molar-refractivity contribution is 0.282. The molecular weight excluding hydrogens is 214 g/mol. The van der Waals surface area contributed by atoms with Crippen LogP contribution in [0.4, 0.5) is 5.69 Å². The van der Waals surface area contributed by atoms with Gasteiger partial charge in [0.2, 0.25) is 0 Å². The Morgan fingerprint density at radius 2 is 2.12 bits per heavy atom. The normalized spacial score (nSPS) is 21.1. The van der Waals surface area contributed by atoms with E-state index in [-0.39, 0.29) is 12.8 Å². The molecule has 0 fully saturated rings. The molecule has 1 aromatic carbocycles. The predicted octanol–water partition coefficient (Wildman–Crippen LogP) is 1.35. The quantitative estimate of drug-likeness (QED) is 0.802. The Morgan fingerprint density at radius 1 is 1.29 bits per heavy atom. The zero-order valence-corrected chi connectivity index (χ0v) is 9.24. The number of aliphatic imine (C=N–C) groups is 1. The van der Waals surface area contributed by atoms with Gasteiger partial charge in [-0.1, -0.05) is 12.1 Å². The second kappa shape index (κ2) is 4.07. The number of hydrogen-bond acceptors (Lipinski definition) is 4. The Balaban J connectivity index is 1.88. The Labute approximate surface area is 99.6 Å². The average molecular weight is 227 g/mol. The molecule has 4 nitrogen and oxygen atoms in total. The largest absolute Gasteiger partial charge is 0.392 e. The van der Waals surface area contributed by atoms with Crippen LogP contribution < -0.4 is 10.2 Å². The fourth-order valence-corrected chi connectivity index (χ4v) is 1.99. The van der Waals surface area contributed by atoms with Gasteiger partial charge in [-0.15, -0.1) is 0 Å². The van der Waals surface area contributed by atoms with Gasteiger partial charge in [0.05, 0.1) is 18.6 Å². The lowest BCUT2D eigenvalue weighted by Gasteiger charge is -2.26. The number of fused-ring (bicyclic) bond motifs is 1. The molecule has 2 aliphatic rings. The summed E-state index contributed by atoms with van der Waals surface area (Å²) in [5.74, 6) is 0. The number of nitrogens with one attached hydrogen (secondary N) is 1. The van der Waals surface area contributed by atoms with Gasteiger partial charge >= 0.3 is 0 Å². The van der Waals surface area contributed by atoms with Crippen molar-refractivity contribution in [1.29, 1.82) is 0 Å². The maximum Gasteiger partial charge on any atom is 0.148 e. The third-order valence-corrected chi connectivity index (χ3v) is 2.92. The Hall–Kier alpha value is -2.07. The number of nitrogens with zero attached hydrogens (tertiary/aromatic N) is 2. The van der Waals surface area contributed by atoms with Crippen LogP contribution in [0.3, 0.4) is 0 Å². The van der Waals surface area contributed by atoms with Gasteiger partial charge in [0.15, 0.2) is 0 Å². The first-order valence-electron chi connectivity index (χ1n) is 5.53. The number of aliphatic hydroxyl groups excluding tert-OH is 1. The zero-order valence-electron chi connectivity index (χ0n) is 9.24. The van der Waals surface area contributed by atoms with Gasteiger partial charge < -0.3 is 15.3 Å². The molecule has 1 aromatic rings. The molecule has 0 radical (unpaired) electrons. The topological polar surface area (TPSA) is 47.9 Å². The molecule has 0 aliphatic carbocycles. The van der Waals surface area contributed by atoms with Crippen molar-refractivity contribution in [2.75, 3.05) is 4.90 Å². The molecule has 0 bridgehead atoms. The average Bonchev–Trinajstić information content (AvgIpc) is 2.83. The summed E-state index contributed by atoms with van der Waals surface area (Å²) in [6, 6.07) is 7.81. The monoisotopic (exact) mass is 227 g/mol. The van der Waals surface area contributed by atoms with Crippen LogP contribution in [0.1, 0.15) is 5.56 Å². The van der Waals surface area contributed by atoms with E-state index >= 15 is 0 Å². The first kappa shape index (κ1) is 10.1. The first-order chi connectivity index (χ1) is 8.38. The van der Waals surface area contributed by atoms with Crippen LogP contribution in [0.15, 0.2) is 53.3 Å². The number of allylic oxidation sites excluding steroid dienone is 2. The van der Waals surface area contributed by atoms with Crippen LogP contribution in [-0.2, 0) is 6.61 Å². The number of anilines is 1. The summed E-state index contributed by atoms with van der Waals surface area (Å²) in [6.07, 6.45) is 7.77. The van der Waals surface area contributed by atoms with E-state index in [1.165, 1.54) is 0 Å². The summed E-state index contributed by atoms with van der Waals surface area (Å²) in [5.41, 5.74) is 2.98. The molecule has 1 unspecified atom stereocenters. The summed E-state index contributed by atoms with van der Waals surface area (Å²) in [5, 5.41) is 12.3. The molecule has 0 saturated carbocycles. The maximum absolute atomic E-state index is 9.01. The van der Waals surface area contributed by atoms with Gasteiger partial charge in [-0.2, -0.15) is 0 Å². The highest BCUT2D eigenvalue weighted by atomic mass is 16.3. The van der Waals surface area contributed by atoms with Crippen molar-refractivity contribution in [2.45, 2.75) is 12.8 Å². The molecule has 0 saturated heterocycles. The fourth-order valence-electron chi connectivity index (χ4n) is 1.99. The van der Waals surface area contributed by atoms with Crippen LogP contribution in [0.25, 0.3) is 0 Å². The maximum atomic E-state index is 9.01. The molecule has 0 spiro atoms. The van der Waals surface area contributed by atoms with Crippen molar-refractivity contribution in [3.05, 3.63) is 53.9 Å². The third kappa shape index (κ3) is 1.72. The van der Waals surface area contributed by atoms with Crippen molar-refractivity contribution in [3.8, 4) is 0 Å². The van der Waals surface area contributed by atoms with E-state index in [0.717, 1.165) is 16.9 Å². The highest BCUT2D eigenvalue weighted by Crippen LogP contribution is 2.25. The highest BCUT2D eigenvalue weighted by molar-refractivity contribution is 5.85. The molecule has 2 N–H and O–H groups in total. The Bertz CT molecular complexity index is 502. The van der Waals surface area contributed by atoms with Crippen molar-refractivity contribution in [1.82, 2.24) is 5.32 Å². The summed E-state index contributed by atoms with van der Waals surface area (Å²) < 4.78 is 0. The van der Waals surface area contributed by atoms with Crippen LogP contribution in [-0.4, -0.2) is 17.6 Å². The van der Waals surface area contributed by atoms with Gasteiger partial charge in [0, 0.05) is 5.69 Å². The summed E-state index contributed by atoms with van der Waals surface area (Å²) in [7, 11) is 0. The smallest absolute Gasteiger partial charge is 0.148 e. The number of benzene rings is 1. The van der Waals surface area contributed by atoms with E-state index in [1.54, 1.807) is 0 Å². The van der Waals surface area contributed by atoms with E-state index in [4.69, 9.17) is 5.11 Å². The summed E-state index contributed by atoms with van der Waals surface area (Å²) in [4.78, 5) is 6.42. The van der Waals surface area contributed by atoms with E-state index in [9.17, 15) is 0 Å².